The van der Waals surface area contributed by atoms with Gasteiger partial charge in [-0.25, -0.2) is 4.39 Å². The van der Waals surface area contributed by atoms with Crippen molar-refractivity contribution in [3.63, 3.8) is 0 Å². The van der Waals surface area contributed by atoms with Gasteiger partial charge in [-0.05, 0) is 66.6 Å². The highest BCUT2D eigenvalue weighted by molar-refractivity contribution is 5.82. The number of carbonyl (C=O) groups excluding carboxylic acids is 2. The fourth-order valence-corrected chi connectivity index (χ4v) is 5.01. The summed E-state index contributed by atoms with van der Waals surface area (Å²) in [5, 5.41) is 23.9. The number of aryl methyl sites for hydroxylation is 2. The van der Waals surface area contributed by atoms with Gasteiger partial charge >= 0.3 is 0 Å². The first-order valence-electron chi connectivity index (χ1n) is 14.5. The van der Waals surface area contributed by atoms with Gasteiger partial charge in [-0.1, -0.05) is 38.5 Å². The van der Waals surface area contributed by atoms with Crippen LogP contribution in [0.4, 0.5) is 4.39 Å². The van der Waals surface area contributed by atoms with E-state index in [0.717, 1.165) is 28.7 Å². The van der Waals surface area contributed by atoms with Crippen LogP contribution in [0.1, 0.15) is 56.2 Å². The normalized spacial score (nSPS) is 14.0. The second-order valence-electron chi connectivity index (χ2n) is 10.2. The number of nitrogens with one attached hydrogen (secondary N) is 1. The first-order chi connectivity index (χ1) is 20.3. The van der Waals surface area contributed by atoms with Gasteiger partial charge in [0, 0.05) is 42.5 Å². The van der Waals surface area contributed by atoms with E-state index in [1.54, 1.807) is 18.2 Å². The topological polar surface area (TPSA) is 117 Å². The van der Waals surface area contributed by atoms with Gasteiger partial charge in [0.2, 0.25) is 0 Å². The number of halogens is 1. The largest absolute Gasteiger partial charge is 0.550 e. The third-order valence-electron chi connectivity index (χ3n) is 7.17. The summed E-state index contributed by atoms with van der Waals surface area (Å²) in [6.45, 7) is 4.83. The number of ether oxygens (including phenoxy) is 3. The van der Waals surface area contributed by atoms with Gasteiger partial charge < -0.3 is 34.5 Å². The van der Waals surface area contributed by atoms with Crippen LogP contribution in [0.15, 0.2) is 48.5 Å². The van der Waals surface area contributed by atoms with Crippen molar-refractivity contribution < 1.29 is 38.4 Å². The van der Waals surface area contributed by atoms with E-state index in [1.807, 2.05) is 25.1 Å². The number of carbonyl (C=O) groups is 2. The van der Waals surface area contributed by atoms with E-state index in [0.29, 0.717) is 68.1 Å². The summed E-state index contributed by atoms with van der Waals surface area (Å²) in [5.41, 5.74) is 4.21. The summed E-state index contributed by atoms with van der Waals surface area (Å²) in [7, 11) is 0. The molecule has 0 aromatic heterocycles. The molecule has 0 spiro atoms. The van der Waals surface area contributed by atoms with Crippen LogP contribution in [-0.2, 0) is 28.9 Å². The van der Waals surface area contributed by atoms with Crippen LogP contribution in [0.3, 0.4) is 0 Å². The molecule has 0 saturated heterocycles. The average molecular weight is 579 g/mol. The Kier molecular flexibility index (Phi) is 10.6. The molecule has 0 radical (unpaired) electrons. The van der Waals surface area contributed by atoms with Crippen LogP contribution in [0.25, 0.3) is 11.1 Å². The Bertz CT molecular complexity index is 1390. The van der Waals surface area contributed by atoms with Crippen LogP contribution in [0.2, 0.25) is 0 Å². The molecular formula is C33H37FNO7-. The molecule has 2 N–H and O–H groups in total. The van der Waals surface area contributed by atoms with E-state index in [2.05, 4.69) is 12.2 Å². The smallest absolute Gasteiger partial charge is 0.261 e. The van der Waals surface area contributed by atoms with Crippen LogP contribution < -0.4 is 24.6 Å². The fourth-order valence-electron chi connectivity index (χ4n) is 5.01. The minimum atomic E-state index is -1.22. The first kappa shape index (κ1) is 30.7. The zero-order chi connectivity index (χ0) is 30.1. The number of carboxylic acids is 1. The van der Waals surface area contributed by atoms with Gasteiger partial charge in [0.15, 0.2) is 6.10 Å². The van der Waals surface area contributed by atoms with Crippen molar-refractivity contribution in [2.75, 3.05) is 19.8 Å². The summed E-state index contributed by atoms with van der Waals surface area (Å²) in [4.78, 5) is 23.2. The predicted octanol–water partition coefficient (Wildman–Crippen LogP) is 4.51. The summed E-state index contributed by atoms with van der Waals surface area (Å²) >= 11 is 0. The van der Waals surface area contributed by atoms with Crippen LogP contribution >= 0.6 is 0 Å². The number of amides is 1. The SMILES string of the molecule is CCCc1c(OCCCOc2cc(O)c(-c3ccc(F)cc3)cc2CC)ccc2c1OC(C(=O)NCCC(=O)[O-])CC2. The van der Waals surface area contributed by atoms with Gasteiger partial charge in [-0.15, -0.1) is 0 Å². The molecule has 224 valence electrons. The number of benzene rings is 3. The lowest BCUT2D eigenvalue weighted by molar-refractivity contribution is -0.305. The van der Waals surface area contributed by atoms with Gasteiger partial charge in [0.05, 0.1) is 13.2 Å². The van der Waals surface area contributed by atoms with Crippen molar-refractivity contribution in [1.82, 2.24) is 5.32 Å². The molecule has 0 bridgehead atoms. The lowest BCUT2D eigenvalue weighted by Gasteiger charge is -2.28. The molecule has 9 heteroatoms. The Balaban J connectivity index is 1.36. The summed E-state index contributed by atoms with van der Waals surface area (Å²) in [6, 6.07) is 13.4. The zero-order valence-electron chi connectivity index (χ0n) is 24.0. The maximum atomic E-state index is 13.3. The molecule has 0 aliphatic carbocycles. The molecule has 4 rings (SSSR count). The minimum absolute atomic E-state index is 0.00131. The highest BCUT2D eigenvalue weighted by atomic mass is 19.1. The van der Waals surface area contributed by atoms with Crippen molar-refractivity contribution in [3.8, 4) is 34.1 Å². The van der Waals surface area contributed by atoms with Crippen molar-refractivity contribution in [2.24, 2.45) is 0 Å². The number of hydrogen-bond donors (Lipinski definition) is 2. The third kappa shape index (κ3) is 7.72. The summed E-state index contributed by atoms with van der Waals surface area (Å²) in [5.74, 6) is 0.140. The number of phenolic OH excluding ortho intramolecular Hbond substituents is 1. The molecular weight excluding hydrogens is 541 g/mol. The quantitative estimate of drug-likeness (QED) is 0.270. The molecule has 1 unspecified atom stereocenters. The van der Waals surface area contributed by atoms with E-state index in [4.69, 9.17) is 14.2 Å². The minimum Gasteiger partial charge on any atom is -0.550 e. The van der Waals surface area contributed by atoms with Crippen molar-refractivity contribution >= 4 is 11.9 Å². The molecule has 0 fully saturated rings. The Morgan fingerprint density at radius 3 is 2.50 bits per heavy atom. The van der Waals surface area contributed by atoms with Gasteiger partial charge in [-0.3, -0.25) is 4.79 Å². The molecule has 3 aromatic carbocycles. The standard InChI is InChI=1S/C33H38FNO7/c1-3-6-25-28(13-9-23-10-14-29(42-32(23)25)33(39)35-16-15-31(37)38)40-17-5-18-41-30-20-27(36)26(19-21(30)4-2)22-7-11-24(34)12-8-22/h7-9,11-13,19-20,29,36H,3-6,10,14-18H2,1-2H3,(H,35,39)(H,37,38)/p-1. The molecule has 1 amide bonds. The maximum absolute atomic E-state index is 13.3. The van der Waals surface area contributed by atoms with Gasteiger partial charge in [0.25, 0.3) is 5.91 Å². The molecule has 1 aliphatic rings. The Labute approximate surface area is 245 Å². The number of aromatic hydroxyl groups is 1. The first-order valence-corrected chi connectivity index (χ1v) is 14.5. The van der Waals surface area contributed by atoms with Crippen molar-refractivity contribution in [3.05, 3.63) is 71.0 Å². The van der Waals surface area contributed by atoms with Gasteiger partial charge in [-0.2, -0.15) is 0 Å². The Morgan fingerprint density at radius 2 is 1.81 bits per heavy atom. The number of phenols is 1. The van der Waals surface area contributed by atoms with E-state index < -0.39 is 12.1 Å². The second-order valence-corrected chi connectivity index (χ2v) is 10.2. The van der Waals surface area contributed by atoms with Crippen LogP contribution in [0.5, 0.6) is 23.0 Å². The zero-order valence-corrected chi connectivity index (χ0v) is 24.0. The number of fused-ring (bicyclic) bond motifs is 1. The Hall–Kier alpha value is -4.27. The average Bonchev–Trinajstić information content (AvgIpc) is 2.98. The molecule has 1 atom stereocenters. The van der Waals surface area contributed by atoms with Gasteiger partial charge in [0.1, 0.15) is 28.8 Å². The number of rotatable bonds is 14. The summed E-state index contributed by atoms with van der Waals surface area (Å²) in [6.07, 6.45) is 3.10. The molecule has 42 heavy (non-hydrogen) atoms. The van der Waals surface area contributed by atoms with E-state index >= 15 is 0 Å². The lowest BCUT2D eigenvalue weighted by Crippen LogP contribution is -2.42. The maximum Gasteiger partial charge on any atom is 0.261 e. The number of aliphatic carboxylic acids is 1. The number of hydrogen-bond acceptors (Lipinski definition) is 7. The second kappa shape index (κ2) is 14.6. The number of carboxylic acid groups (broad SMARTS) is 1. The fraction of sp³-hybridized carbons (Fsp3) is 0.394. The van der Waals surface area contributed by atoms with Crippen molar-refractivity contribution in [1.29, 1.82) is 0 Å². The van der Waals surface area contributed by atoms with E-state index in [-0.39, 0.29) is 30.4 Å². The van der Waals surface area contributed by atoms with Crippen LogP contribution in [0, 0.1) is 5.82 Å². The predicted molar refractivity (Wildman–Crippen MR) is 154 cm³/mol. The third-order valence-corrected chi connectivity index (χ3v) is 7.17. The van der Waals surface area contributed by atoms with Crippen molar-refractivity contribution in [2.45, 2.75) is 64.9 Å². The Morgan fingerprint density at radius 1 is 1.07 bits per heavy atom. The molecule has 1 heterocycles. The van der Waals surface area contributed by atoms with Crippen LogP contribution in [-0.4, -0.2) is 42.8 Å². The molecule has 1 aliphatic heterocycles. The lowest BCUT2D eigenvalue weighted by atomic mass is 9.96. The molecule has 0 saturated carbocycles. The molecule has 3 aromatic rings. The molecule has 8 nitrogen and oxygen atoms in total. The highest BCUT2D eigenvalue weighted by Crippen LogP contribution is 2.39. The van der Waals surface area contributed by atoms with E-state index in [1.165, 1.54) is 12.1 Å². The monoisotopic (exact) mass is 578 g/mol. The summed E-state index contributed by atoms with van der Waals surface area (Å²) < 4.78 is 31.6. The van der Waals surface area contributed by atoms with E-state index in [9.17, 15) is 24.2 Å². The highest BCUT2D eigenvalue weighted by Gasteiger charge is 2.29.